The summed E-state index contributed by atoms with van der Waals surface area (Å²) in [7, 11) is -3.50. The molecule has 29 heavy (non-hydrogen) atoms. The van der Waals surface area contributed by atoms with Crippen LogP contribution in [0, 0.1) is 12.8 Å². The number of aryl methyl sites for hydroxylation is 1. The number of hydrogen-bond acceptors (Lipinski definition) is 3. The van der Waals surface area contributed by atoms with Crippen molar-refractivity contribution in [3.63, 3.8) is 0 Å². The minimum Gasteiger partial charge on any atom is -0.300 e. The van der Waals surface area contributed by atoms with Crippen LogP contribution in [0.1, 0.15) is 38.2 Å². The van der Waals surface area contributed by atoms with Crippen molar-refractivity contribution < 1.29 is 8.42 Å². The predicted molar refractivity (Wildman–Crippen MR) is 118 cm³/mol. The molecule has 5 heteroatoms. The molecule has 2 heterocycles. The normalized spacial score (nSPS) is 20.8. The van der Waals surface area contributed by atoms with Crippen molar-refractivity contribution in [2.45, 2.75) is 50.5 Å². The third kappa shape index (κ3) is 4.42. The highest BCUT2D eigenvalue weighted by Crippen LogP contribution is 2.32. The lowest BCUT2D eigenvalue weighted by atomic mass is 9.95. The Hall–Kier alpha value is -1.69. The second-order valence-corrected chi connectivity index (χ2v) is 10.6. The van der Waals surface area contributed by atoms with Crippen LogP contribution in [0.25, 0.3) is 11.1 Å². The maximum absolute atomic E-state index is 13.5. The van der Waals surface area contributed by atoms with Crippen molar-refractivity contribution in [1.29, 1.82) is 0 Å². The molecule has 0 unspecified atom stereocenters. The molecule has 156 valence electrons. The van der Waals surface area contributed by atoms with E-state index in [2.05, 4.69) is 11.8 Å². The highest BCUT2D eigenvalue weighted by molar-refractivity contribution is 7.89. The van der Waals surface area contributed by atoms with Gasteiger partial charge in [-0.1, -0.05) is 55.0 Å². The van der Waals surface area contributed by atoms with Crippen molar-refractivity contribution in [2.24, 2.45) is 5.92 Å². The molecule has 2 fully saturated rings. The molecule has 0 radical (unpaired) electrons. The van der Waals surface area contributed by atoms with Gasteiger partial charge >= 0.3 is 0 Å². The first-order chi connectivity index (χ1) is 13.9. The maximum Gasteiger partial charge on any atom is 0.243 e. The van der Waals surface area contributed by atoms with Crippen LogP contribution in [0.5, 0.6) is 0 Å². The van der Waals surface area contributed by atoms with Gasteiger partial charge in [0.1, 0.15) is 0 Å². The molecule has 0 bridgehead atoms. The van der Waals surface area contributed by atoms with Gasteiger partial charge in [-0.05, 0) is 63.2 Å². The zero-order valence-electron chi connectivity index (χ0n) is 17.5. The van der Waals surface area contributed by atoms with E-state index in [9.17, 15) is 8.42 Å². The van der Waals surface area contributed by atoms with Gasteiger partial charge in [-0.25, -0.2) is 8.42 Å². The third-order valence-corrected chi connectivity index (χ3v) is 8.58. The highest BCUT2D eigenvalue weighted by atomic mass is 32.2. The number of likely N-dealkylation sites (tertiary alicyclic amines) is 1. The average molecular weight is 413 g/mol. The minimum absolute atomic E-state index is 0.425. The van der Waals surface area contributed by atoms with Gasteiger partial charge in [-0.15, -0.1) is 0 Å². The van der Waals surface area contributed by atoms with Crippen molar-refractivity contribution >= 4 is 10.0 Å². The molecule has 2 saturated heterocycles. The Morgan fingerprint density at radius 3 is 2.10 bits per heavy atom. The Kier molecular flexibility index (Phi) is 6.09. The molecule has 4 rings (SSSR count). The molecular formula is C24H32N2O2S. The molecule has 0 aliphatic carbocycles. The summed E-state index contributed by atoms with van der Waals surface area (Å²) in [5, 5.41) is 0. The van der Waals surface area contributed by atoms with Crippen LogP contribution in [0.2, 0.25) is 0 Å². The molecule has 2 aliphatic heterocycles. The van der Waals surface area contributed by atoms with E-state index in [-0.39, 0.29) is 0 Å². The lowest BCUT2D eigenvalue weighted by Gasteiger charge is -2.41. The SMILES string of the molecule is Cc1ccc(-c2ccccc2S(=O)(=O)N2CCC(N3CCC(C)CC3)CC2)cc1. The lowest BCUT2D eigenvalue weighted by molar-refractivity contribution is 0.101. The van der Waals surface area contributed by atoms with E-state index in [1.165, 1.54) is 18.4 Å². The largest absolute Gasteiger partial charge is 0.300 e. The predicted octanol–water partition coefficient (Wildman–Crippen LogP) is 4.55. The molecule has 0 atom stereocenters. The molecular weight excluding hydrogens is 380 g/mol. The average Bonchev–Trinajstić information content (AvgIpc) is 2.75. The van der Waals surface area contributed by atoms with Crippen LogP contribution in [0.3, 0.4) is 0 Å². The van der Waals surface area contributed by atoms with Crippen LogP contribution in [0.15, 0.2) is 53.4 Å². The Bertz CT molecular complexity index is 924. The molecule has 2 aromatic rings. The number of nitrogens with zero attached hydrogens (tertiary/aromatic N) is 2. The summed E-state index contributed by atoms with van der Waals surface area (Å²) in [6.07, 6.45) is 4.39. The van der Waals surface area contributed by atoms with E-state index in [0.717, 1.165) is 43.0 Å². The summed E-state index contributed by atoms with van der Waals surface area (Å²) in [5.74, 6) is 0.824. The zero-order chi connectivity index (χ0) is 20.4. The molecule has 0 spiro atoms. The van der Waals surface area contributed by atoms with E-state index in [0.29, 0.717) is 24.0 Å². The summed E-state index contributed by atoms with van der Waals surface area (Å²) in [6.45, 7) is 7.92. The standard InChI is InChI=1S/C24H32N2O2S/c1-19-7-9-21(10-8-19)23-5-3-4-6-24(23)29(27,28)26-17-13-22(14-18-26)25-15-11-20(2)12-16-25/h3-10,20,22H,11-18H2,1-2H3. The molecule has 0 saturated carbocycles. The van der Waals surface area contributed by atoms with Crippen LogP contribution in [-0.4, -0.2) is 49.8 Å². The summed E-state index contributed by atoms with van der Waals surface area (Å²) >= 11 is 0. The van der Waals surface area contributed by atoms with E-state index in [1.807, 2.05) is 49.4 Å². The van der Waals surface area contributed by atoms with Crippen LogP contribution >= 0.6 is 0 Å². The van der Waals surface area contributed by atoms with Crippen molar-refractivity contribution in [3.05, 3.63) is 54.1 Å². The minimum atomic E-state index is -3.50. The Labute approximate surface area is 175 Å². The summed E-state index contributed by atoms with van der Waals surface area (Å²) in [6, 6.07) is 16.0. The van der Waals surface area contributed by atoms with E-state index in [1.54, 1.807) is 10.4 Å². The monoisotopic (exact) mass is 412 g/mol. The molecule has 0 aromatic heterocycles. The number of piperidine rings is 2. The van der Waals surface area contributed by atoms with Crippen molar-refractivity contribution in [1.82, 2.24) is 9.21 Å². The van der Waals surface area contributed by atoms with E-state index in [4.69, 9.17) is 0 Å². The number of sulfonamides is 1. The first kappa shape index (κ1) is 20.6. The molecule has 2 aliphatic rings. The Morgan fingerprint density at radius 2 is 1.45 bits per heavy atom. The lowest BCUT2D eigenvalue weighted by Crippen LogP contribution is -2.48. The van der Waals surface area contributed by atoms with Gasteiger partial charge in [0.25, 0.3) is 0 Å². The second kappa shape index (κ2) is 8.58. The summed E-state index contributed by atoms with van der Waals surface area (Å²) in [4.78, 5) is 3.01. The van der Waals surface area contributed by atoms with Gasteiger partial charge in [0.05, 0.1) is 4.90 Å². The number of hydrogen-bond donors (Lipinski definition) is 0. The quantitative estimate of drug-likeness (QED) is 0.740. The van der Waals surface area contributed by atoms with Gasteiger partial charge in [-0.2, -0.15) is 4.31 Å². The van der Waals surface area contributed by atoms with Gasteiger partial charge in [0.15, 0.2) is 0 Å². The first-order valence-corrected chi connectivity index (χ1v) is 12.3. The summed E-state index contributed by atoms with van der Waals surface area (Å²) in [5.41, 5.74) is 2.91. The van der Waals surface area contributed by atoms with Gasteiger partial charge in [0, 0.05) is 24.7 Å². The molecule has 0 amide bonds. The van der Waals surface area contributed by atoms with E-state index >= 15 is 0 Å². The Balaban J connectivity index is 1.51. The van der Waals surface area contributed by atoms with E-state index < -0.39 is 10.0 Å². The first-order valence-electron chi connectivity index (χ1n) is 10.9. The molecule has 4 nitrogen and oxygen atoms in total. The maximum atomic E-state index is 13.5. The smallest absolute Gasteiger partial charge is 0.243 e. The second-order valence-electron chi connectivity index (χ2n) is 8.72. The number of rotatable bonds is 4. The van der Waals surface area contributed by atoms with Gasteiger partial charge in [0.2, 0.25) is 10.0 Å². The molecule has 0 N–H and O–H groups in total. The Morgan fingerprint density at radius 1 is 0.828 bits per heavy atom. The van der Waals surface area contributed by atoms with Crippen LogP contribution in [-0.2, 0) is 10.0 Å². The number of benzene rings is 2. The topological polar surface area (TPSA) is 40.6 Å². The summed E-state index contributed by atoms with van der Waals surface area (Å²) < 4.78 is 28.7. The third-order valence-electron chi connectivity index (χ3n) is 6.63. The van der Waals surface area contributed by atoms with Gasteiger partial charge in [-0.3, -0.25) is 0 Å². The van der Waals surface area contributed by atoms with Crippen LogP contribution in [0.4, 0.5) is 0 Å². The molecule has 2 aromatic carbocycles. The fourth-order valence-corrected chi connectivity index (χ4v) is 6.33. The fourth-order valence-electron chi connectivity index (χ4n) is 4.64. The highest BCUT2D eigenvalue weighted by Gasteiger charge is 2.33. The zero-order valence-corrected chi connectivity index (χ0v) is 18.4. The van der Waals surface area contributed by atoms with Crippen LogP contribution < -0.4 is 0 Å². The van der Waals surface area contributed by atoms with Crippen molar-refractivity contribution in [3.8, 4) is 11.1 Å². The fraction of sp³-hybridized carbons (Fsp3) is 0.500. The van der Waals surface area contributed by atoms with Gasteiger partial charge < -0.3 is 4.90 Å². The van der Waals surface area contributed by atoms with Crippen molar-refractivity contribution in [2.75, 3.05) is 26.2 Å².